The molecule has 0 N–H and O–H groups in total. The van der Waals surface area contributed by atoms with Gasteiger partial charge in [0, 0.05) is 0 Å². The smallest absolute Gasteiger partial charge is 0.123 e. The van der Waals surface area contributed by atoms with E-state index in [1.54, 1.807) is 0 Å². The summed E-state index contributed by atoms with van der Waals surface area (Å²) in [5, 5.41) is 0. The molecule has 0 amide bonds. The van der Waals surface area contributed by atoms with Crippen molar-refractivity contribution >= 4 is 0 Å². The van der Waals surface area contributed by atoms with Gasteiger partial charge in [-0.05, 0) is 50.2 Å². The molecular weight excluding hydrogens is 196 g/mol. The average molecular weight is 218 g/mol. The topological polar surface area (TPSA) is 9.23 Å². The number of ether oxygens (including phenoxy) is 1. The highest BCUT2D eigenvalue weighted by atomic mass is 16.5. The fourth-order valence-electron chi connectivity index (χ4n) is 2.30. The highest BCUT2D eigenvalue weighted by Crippen LogP contribution is 2.35. The van der Waals surface area contributed by atoms with Crippen molar-refractivity contribution in [2.24, 2.45) is 5.92 Å². The largest absolute Gasteiger partial charge is 0.487 e. The molecule has 16 heavy (non-hydrogen) atoms. The number of aryl methyl sites for hydroxylation is 1. The third-order valence-electron chi connectivity index (χ3n) is 3.50. The fourth-order valence-corrected chi connectivity index (χ4v) is 2.30. The first-order valence-corrected chi connectivity index (χ1v) is 6.36. The van der Waals surface area contributed by atoms with Crippen molar-refractivity contribution < 1.29 is 4.74 Å². The first-order chi connectivity index (χ1) is 7.59. The molecule has 0 spiro atoms. The Morgan fingerprint density at radius 2 is 2.06 bits per heavy atom. The van der Waals surface area contributed by atoms with Crippen LogP contribution < -0.4 is 4.74 Å². The average Bonchev–Trinajstić information content (AvgIpc) is 2.26. The van der Waals surface area contributed by atoms with Gasteiger partial charge in [-0.25, -0.2) is 0 Å². The molecule has 0 saturated carbocycles. The lowest BCUT2D eigenvalue weighted by Crippen LogP contribution is -2.36. The molecule has 1 heteroatoms. The van der Waals surface area contributed by atoms with Gasteiger partial charge in [0.05, 0.1) is 0 Å². The Labute approximate surface area is 98.8 Å². The molecule has 1 heterocycles. The van der Waals surface area contributed by atoms with Crippen LogP contribution in [0.5, 0.6) is 5.75 Å². The molecule has 1 nitrogen and oxygen atoms in total. The van der Waals surface area contributed by atoms with Gasteiger partial charge in [-0.15, -0.1) is 0 Å². The second-order valence-electron chi connectivity index (χ2n) is 5.59. The van der Waals surface area contributed by atoms with Crippen LogP contribution in [0.2, 0.25) is 0 Å². The molecule has 0 fully saturated rings. The first kappa shape index (κ1) is 11.5. The molecular formula is C15H22O. The SMILES string of the molecule is CC(C)CCC1(C)CCc2ccccc2O1. The Balaban J connectivity index is 2.06. The van der Waals surface area contributed by atoms with Crippen LogP contribution in [0, 0.1) is 5.92 Å². The highest BCUT2D eigenvalue weighted by Gasteiger charge is 2.30. The van der Waals surface area contributed by atoms with Crippen LogP contribution in [-0.2, 0) is 6.42 Å². The van der Waals surface area contributed by atoms with Gasteiger partial charge in [0.2, 0.25) is 0 Å². The summed E-state index contributed by atoms with van der Waals surface area (Å²) >= 11 is 0. The molecule has 0 aromatic heterocycles. The zero-order chi connectivity index (χ0) is 11.6. The van der Waals surface area contributed by atoms with E-state index in [4.69, 9.17) is 4.74 Å². The number of hydrogen-bond acceptors (Lipinski definition) is 1. The maximum absolute atomic E-state index is 6.17. The van der Waals surface area contributed by atoms with Crippen molar-refractivity contribution in [3.8, 4) is 5.75 Å². The molecule has 1 aliphatic rings. The second-order valence-corrected chi connectivity index (χ2v) is 5.59. The zero-order valence-corrected chi connectivity index (χ0v) is 10.6. The molecule has 2 rings (SSSR count). The van der Waals surface area contributed by atoms with Crippen molar-refractivity contribution in [2.75, 3.05) is 0 Å². The Kier molecular flexibility index (Phi) is 3.22. The Hall–Kier alpha value is -0.980. The number of benzene rings is 1. The minimum atomic E-state index is 0.0542. The van der Waals surface area contributed by atoms with Crippen LogP contribution in [0.15, 0.2) is 24.3 Å². The molecule has 1 unspecified atom stereocenters. The predicted molar refractivity (Wildman–Crippen MR) is 67.9 cm³/mol. The van der Waals surface area contributed by atoms with E-state index < -0.39 is 0 Å². The van der Waals surface area contributed by atoms with Crippen LogP contribution in [0.3, 0.4) is 0 Å². The summed E-state index contributed by atoms with van der Waals surface area (Å²) in [6, 6.07) is 8.44. The highest BCUT2D eigenvalue weighted by molar-refractivity contribution is 5.35. The Morgan fingerprint density at radius 1 is 1.31 bits per heavy atom. The molecule has 1 aromatic rings. The van der Waals surface area contributed by atoms with Crippen LogP contribution in [0.4, 0.5) is 0 Å². The van der Waals surface area contributed by atoms with Gasteiger partial charge in [0.25, 0.3) is 0 Å². The van der Waals surface area contributed by atoms with E-state index in [9.17, 15) is 0 Å². The molecule has 1 aromatic carbocycles. The summed E-state index contributed by atoms with van der Waals surface area (Å²) in [4.78, 5) is 0. The third kappa shape index (κ3) is 2.58. The molecule has 1 atom stereocenters. The summed E-state index contributed by atoms with van der Waals surface area (Å²) in [5.74, 6) is 1.86. The van der Waals surface area contributed by atoms with E-state index in [2.05, 4.69) is 45.0 Å². The van der Waals surface area contributed by atoms with E-state index >= 15 is 0 Å². The van der Waals surface area contributed by atoms with Gasteiger partial charge in [0.1, 0.15) is 11.4 Å². The number of para-hydroxylation sites is 1. The quantitative estimate of drug-likeness (QED) is 0.738. The maximum Gasteiger partial charge on any atom is 0.123 e. The summed E-state index contributed by atoms with van der Waals surface area (Å²) < 4.78 is 6.17. The molecule has 0 aliphatic carbocycles. The maximum atomic E-state index is 6.17. The van der Waals surface area contributed by atoms with Crippen molar-refractivity contribution in [2.45, 2.75) is 52.1 Å². The van der Waals surface area contributed by atoms with Crippen molar-refractivity contribution in [1.29, 1.82) is 0 Å². The van der Waals surface area contributed by atoms with Gasteiger partial charge in [-0.1, -0.05) is 32.0 Å². The monoisotopic (exact) mass is 218 g/mol. The second kappa shape index (κ2) is 4.48. The molecule has 88 valence electrons. The minimum absolute atomic E-state index is 0.0542. The van der Waals surface area contributed by atoms with Gasteiger partial charge >= 0.3 is 0 Å². The van der Waals surface area contributed by atoms with E-state index in [-0.39, 0.29) is 5.60 Å². The van der Waals surface area contributed by atoms with Crippen LogP contribution in [0.1, 0.15) is 45.6 Å². The fraction of sp³-hybridized carbons (Fsp3) is 0.600. The third-order valence-corrected chi connectivity index (χ3v) is 3.50. The Morgan fingerprint density at radius 3 is 2.81 bits per heavy atom. The number of rotatable bonds is 3. The van der Waals surface area contributed by atoms with Crippen LogP contribution in [0.25, 0.3) is 0 Å². The van der Waals surface area contributed by atoms with E-state index in [0.717, 1.165) is 24.5 Å². The number of hydrogen-bond donors (Lipinski definition) is 0. The van der Waals surface area contributed by atoms with Crippen LogP contribution >= 0.6 is 0 Å². The van der Waals surface area contributed by atoms with Crippen molar-refractivity contribution in [1.82, 2.24) is 0 Å². The van der Waals surface area contributed by atoms with Gasteiger partial charge < -0.3 is 4.74 Å². The normalized spacial score (nSPS) is 24.0. The minimum Gasteiger partial charge on any atom is -0.487 e. The van der Waals surface area contributed by atoms with E-state index in [1.807, 2.05) is 0 Å². The number of fused-ring (bicyclic) bond motifs is 1. The molecule has 0 saturated heterocycles. The van der Waals surface area contributed by atoms with Crippen molar-refractivity contribution in [3.05, 3.63) is 29.8 Å². The van der Waals surface area contributed by atoms with Crippen LogP contribution in [-0.4, -0.2) is 5.60 Å². The standard InChI is InChI=1S/C15H22O/c1-12(2)8-10-15(3)11-9-13-6-4-5-7-14(13)16-15/h4-7,12H,8-11H2,1-3H3. The summed E-state index contributed by atoms with van der Waals surface area (Å²) in [6.45, 7) is 6.81. The lowest BCUT2D eigenvalue weighted by Gasteiger charge is -2.36. The molecule has 0 radical (unpaired) electrons. The first-order valence-electron chi connectivity index (χ1n) is 6.36. The predicted octanol–water partition coefficient (Wildman–Crippen LogP) is 4.21. The van der Waals surface area contributed by atoms with Gasteiger partial charge in [-0.3, -0.25) is 0 Å². The zero-order valence-electron chi connectivity index (χ0n) is 10.6. The van der Waals surface area contributed by atoms with E-state index in [1.165, 1.54) is 18.4 Å². The summed E-state index contributed by atoms with van der Waals surface area (Å²) in [7, 11) is 0. The summed E-state index contributed by atoms with van der Waals surface area (Å²) in [6.07, 6.45) is 4.72. The van der Waals surface area contributed by atoms with Gasteiger partial charge in [-0.2, -0.15) is 0 Å². The van der Waals surface area contributed by atoms with Crippen molar-refractivity contribution in [3.63, 3.8) is 0 Å². The molecule has 0 bridgehead atoms. The lowest BCUT2D eigenvalue weighted by molar-refractivity contribution is 0.0508. The van der Waals surface area contributed by atoms with E-state index in [0.29, 0.717) is 0 Å². The lowest BCUT2D eigenvalue weighted by atomic mass is 9.87. The molecule has 1 aliphatic heterocycles. The van der Waals surface area contributed by atoms with Gasteiger partial charge in [0.15, 0.2) is 0 Å². The Bertz CT molecular complexity index is 356. The summed E-state index contributed by atoms with van der Waals surface area (Å²) in [5.41, 5.74) is 1.42.